The van der Waals surface area contributed by atoms with E-state index in [0.29, 0.717) is 19.0 Å². The SMILES string of the molecule is [C-]#[N+]c1ccccc1C1CCN(C(=O)OC(C)(C)C)CC1. The molecule has 1 aromatic carbocycles. The van der Waals surface area contributed by atoms with Crippen molar-refractivity contribution in [1.82, 2.24) is 4.90 Å². The topological polar surface area (TPSA) is 33.9 Å². The fraction of sp³-hybridized carbons (Fsp3) is 0.529. The molecule has 1 aliphatic rings. The minimum atomic E-state index is -0.454. The highest BCUT2D eigenvalue weighted by atomic mass is 16.6. The van der Waals surface area contributed by atoms with Crippen LogP contribution in [0.15, 0.2) is 24.3 Å². The molecule has 4 nitrogen and oxygen atoms in total. The van der Waals surface area contributed by atoms with Crippen molar-refractivity contribution in [3.63, 3.8) is 0 Å². The van der Waals surface area contributed by atoms with Gasteiger partial charge in [0.1, 0.15) is 5.60 Å². The van der Waals surface area contributed by atoms with Gasteiger partial charge in [0.25, 0.3) is 0 Å². The average molecular weight is 286 g/mol. The molecule has 1 amide bonds. The number of para-hydroxylation sites is 1. The summed E-state index contributed by atoms with van der Waals surface area (Å²) >= 11 is 0. The van der Waals surface area contributed by atoms with Gasteiger partial charge in [0.2, 0.25) is 0 Å². The first kappa shape index (κ1) is 15.4. The lowest BCUT2D eigenvalue weighted by atomic mass is 9.88. The molecule has 2 rings (SSSR count). The van der Waals surface area contributed by atoms with Crippen LogP contribution in [0.5, 0.6) is 0 Å². The normalized spacial score (nSPS) is 16.4. The third-order valence-corrected chi connectivity index (χ3v) is 3.64. The van der Waals surface area contributed by atoms with Gasteiger partial charge in [0.05, 0.1) is 6.57 Å². The number of carbonyl (C=O) groups excluding carboxylic acids is 1. The Hall–Kier alpha value is -2.02. The lowest BCUT2D eigenvalue weighted by molar-refractivity contribution is 0.0205. The number of hydrogen-bond acceptors (Lipinski definition) is 2. The third kappa shape index (κ3) is 3.98. The van der Waals surface area contributed by atoms with Gasteiger partial charge in [-0.2, -0.15) is 0 Å². The zero-order chi connectivity index (χ0) is 15.5. The molecule has 21 heavy (non-hydrogen) atoms. The van der Waals surface area contributed by atoms with Crippen LogP contribution in [0.2, 0.25) is 0 Å². The Morgan fingerprint density at radius 1 is 1.29 bits per heavy atom. The van der Waals surface area contributed by atoms with Crippen molar-refractivity contribution in [2.75, 3.05) is 13.1 Å². The highest BCUT2D eigenvalue weighted by molar-refractivity contribution is 5.68. The Labute approximate surface area is 126 Å². The number of benzene rings is 1. The fourth-order valence-corrected chi connectivity index (χ4v) is 2.63. The van der Waals surface area contributed by atoms with E-state index < -0.39 is 5.60 Å². The van der Waals surface area contributed by atoms with E-state index in [1.54, 1.807) is 4.90 Å². The van der Waals surface area contributed by atoms with Crippen molar-refractivity contribution in [2.24, 2.45) is 0 Å². The maximum absolute atomic E-state index is 12.0. The van der Waals surface area contributed by atoms with E-state index in [4.69, 9.17) is 11.3 Å². The van der Waals surface area contributed by atoms with Crippen LogP contribution < -0.4 is 0 Å². The van der Waals surface area contributed by atoms with Crippen molar-refractivity contribution in [1.29, 1.82) is 0 Å². The molecule has 1 aromatic rings. The van der Waals surface area contributed by atoms with E-state index in [2.05, 4.69) is 4.85 Å². The first-order valence-corrected chi connectivity index (χ1v) is 7.35. The summed E-state index contributed by atoms with van der Waals surface area (Å²) in [5.74, 6) is 0.356. The molecule has 1 heterocycles. The standard InChI is InChI=1S/C17H22N2O2/c1-17(2,3)21-16(20)19-11-9-13(10-12-19)14-7-5-6-8-15(14)18-4/h5-8,13H,9-12H2,1-3H3. The van der Waals surface area contributed by atoms with Gasteiger partial charge in [-0.25, -0.2) is 9.64 Å². The van der Waals surface area contributed by atoms with Crippen molar-refractivity contribution in [3.8, 4) is 0 Å². The van der Waals surface area contributed by atoms with Crippen molar-refractivity contribution >= 4 is 11.8 Å². The van der Waals surface area contributed by atoms with Gasteiger partial charge in [0, 0.05) is 13.1 Å². The van der Waals surface area contributed by atoms with Crippen LogP contribution >= 0.6 is 0 Å². The minimum Gasteiger partial charge on any atom is -0.444 e. The van der Waals surface area contributed by atoms with Crippen LogP contribution in [-0.4, -0.2) is 29.7 Å². The molecule has 1 fully saturated rings. The van der Waals surface area contributed by atoms with Crippen molar-refractivity contribution < 1.29 is 9.53 Å². The number of carbonyl (C=O) groups is 1. The summed E-state index contributed by atoms with van der Waals surface area (Å²) in [5, 5.41) is 0. The number of amides is 1. The van der Waals surface area contributed by atoms with Crippen LogP contribution in [0.3, 0.4) is 0 Å². The smallest absolute Gasteiger partial charge is 0.410 e. The molecule has 4 heteroatoms. The highest BCUT2D eigenvalue weighted by Gasteiger charge is 2.28. The van der Waals surface area contributed by atoms with E-state index >= 15 is 0 Å². The van der Waals surface area contributed by atoms with Crippen molar-refractivity contribution in [2.45, 2.75) is 45.1 Å². The first-order valence-electron chi connectivity index (χ1n) is 7.35. The van der Waals surface area contributed by atoms with E-state index in [1.807, 2.05) is 45.0 Å². The second-order valence-electron chi connectivity index (χ2n) is 6.41. The number of hydrogen-bond donors (Lipinski definition) is 0. The second-order valence-corrected chi connectivity index (χ2v) is 6.41. The molecule has 0 atom stereocenters. The van der Waals surface area contributed by atoms with E-state index in [9.17, 15) is 4.79 Å². The number of rotatable bonds is 1. The molecular formula is C17H22N2O2. The Kier molecular flexibility index (Phi) is 4.52. The first-order chi connectivity index (χ1) is 9.90. The second kappa shape index (κ2) is 6.17. The Morgan fingerprint density at radius 2 is 1.90 bits per heavy atom. The van der Waals surface area contributed by atoms with Gasteiger partial charge >= 0.3 is 6.09 Å². The molecular weight excluding hydrogens is 264 g/mol. The number of ether oxygens (including phenoxy) is 1. The monoisotopic (exact) mass is 286 g/mol. The van der Waals surface area contributed by atoms with Crippen LogP contribution in [0.4, 0.5) is 10.5 Å². The van der Waals surface area contributed by atoms with Crippen LogP contribution in [0.1, 0.15) is 45.1 Å². The van der Waals surface area contributed by atoms with E-state index in [-0.39, 0.29) is 6.09 Å². The molecule has 0 aromatic heterocycles. The van der Waals surface area contributed by atoms with Crippen LogP contribution in [-0.2, 0) is 4.74 Å². The molecule has 0 aliphatic carbocycles. The summed E-state index contributed by atoms with van der Waals surface area (Å²) in [5.41, 5.74) is 1.38. The molecule has 0 unspecified atom stereocenters. The predicted octanol–water partition coefficient (Wildman–Crippen LogP) is 4.35. The Bertz CT molecular complexity index is 547. The molecule has 0 bridgehead atoms. The summed E-state index contributed by atoms with van der Waals surface area (Å²) in [6, 6.07) is 7.76. The molecule has 0 radical (unpaired) electrons. The molecule has 0 saturated carbocycles. The van der Waals surface area contributed by atoms with Gasteiger partial charge < -0.3 is 9.64 Å². The number of likely N-dealkylation sites (tertiary alicyclic amines) is 1. The zero-order valence-corrected chi connectivity index (χ0v) is 12.9. The summed E-state index contributed by atoms with van der Waals surface area (Å²) in [7, 11) is 0. The highest BCUT2D eigenvalue weighted by Crippen LogP contribution is 2.34. The van der Waals surface area contributed by atoms with E-state index in [1.165, 1.54) is 0 Å². The summed E-state index contributed by atoms with van der Waals surface area (Å²) < 4.78 is 5.40. The summed E-state index contributed by atoms with van der Waals surface area (Å²) in [6.45, 7) is 14.3. The zero-order valence-electron chi connectivity index (χ0n) is 12.9. The van der Waals surface area contributed by atoms with Gasteiger partial charge in [-0.05, 0) is 45.1 Å². The van der Waals surface area contributed by atoms with Gasteiger partial charge in [-0.3, -0.25) is 0 Å². The summed E-state index contributed by atoms with van der Waals surface area (Å²) in [6.07, 6.45) is 1.52. The number of piperidine rings is 1. The predicted molar refractivity (Wildman–Crippen MR) is 82.5 cm³/mol. The Morgan fingerprint density at radius 3 is 2.48 bits per heavy atom. The maximum atomic E-state index is 12.0. The van der Waals surface area contributed by atoms with Gasteiger partial charge in [0.15, 0.2) is 5.69 Å². The molecule has 1 saturated heterocycles. The summed E-state index contributed by atoms with van der Waals surface area (Å²) in [4.78, 5) is 17.4. The lowest BCUT2D eigenvalue weighted by Crippen LogP contribution is -2.41. The Balaban J connectivity index is 1.98. The molecule has 1 aliphatic heterocycles. The number of nitrogens with zero attached hydrogens (tertiary/aromatic N) is 2. The average Bonchev–Trinajstić information content (AvgIpc) is 2.45. The van der Waals surface area contributed by atoms with Gasteiger partial charge in [-0.15, -0.1) is 0 Å². The maximum Gasteiger partial charge on any atom is 0.410 e. The van der Waals surface area contributed by atoms with E-state index in [0.717, 1.165) is 24.1 Å². The molecule has 0 spiro atoms. The quantitative estimate of drug-likeness (QED) is 0.719. The van der Waals surface area contributed by atoms with Gasteiger partial charge in [-0.1, -0.05) is 24.3 Å². The lowest BCUT2D eigenvalue weighted by Gasteiger charge is -2.34. The largest absolute Gasteiger partial charge is 0.444 e. The van der Waals surface area contributed by atoms with Crippen LogP contribution in [0, 0.1) is 6.57 Å². The third-order valence-electron chi connectivity index (χ3n) is 3.64. The minimum absolute atomic E-state index is 0.237. The fourth-order valence-electron chi connectivity index (χ4n) is 2.63. The molecule has 112 valence electrons. The molecule has 0 N–H and O–H groups in total. The van der Waals surface area contributed by atoms with Crippen LogP contribution in [0.25, 0.3) is 4.85 Å². The van der Waals surface area contributed by atoms with Crippen molar-refractivity contribution in [3.05, 3.63) is 41.2 Å².